The lowest BCUT2D eigenvalue weighted by molar-refractivity contribution is 0.102. The number of hydrogen-bond acceptors (Lipinski definition) is 4. The fourth-order valence-electron chi connectivity index (χ4n) is 2.26. The van der Waals surface area contributed by atoms with Gasteiger partial charge in [-0.2, -0.15) is 0 Å². The number of unbranched alkanes of at least 4 members (excludes halogenated alkanes) is 1. The minimum Gasteiger partial charge on any atom is -0.495 e. The van der Waals surface area contributed by atoms with Crippen LogP contribution in [0.1, 0.15) is 30.1 Å². The number of methoxy groups -OCH3 is 2. The Morgan fingerprint density at radius 1 is 1.04 bits per heavy atom. The van der Waals surface area contributed by atoms with Crippen LogP contribution >= 0.6 is 23.2 Å². The van der Waals surface area contributed by atoms with Crippen LogP contribution in [0.5, 0.6) is 17.2 Å². The third kappa shape index (κ3) is 4.96. The van der Waals surface area contributed by atoms with Crippen molar-refractivity contribution in [2.24, 2.45) is 0 Å². The lowest BCUT2D eigenvalue weighted by Gasteiger charge is -2.14. The Hall–Kier alpha value is -2.11. The number of rotatable bonds is 8. The first-order valence-electron chi connectivity index (χ1n) is 8.15. The molecule has 7 heteroatoms. The molecule has 2 rings (SSSR count). The maximum atomic E-state index is 12.5. The van der Waals surface area contributed by atoms with Crippen LogP contribution in [0.15, 0.2) is 30.3 Å². The van der Waals surface area contributed by atoms with Crippen LogP contribution in [0.4, 0.5) is 5.69 Å². The zero-order valence-corrected chi connectivity index (χ0v) is 16.4. The van der Waals surface area contributed by atoms with Gasteiger partial charge < -0.3 is 19.5 Å². The summed E-state index contributed by atoms with van der Waals surface area (Å²) in [4.78, 5) is 12.5. The average Bonchev–Trinajstić information content (AvgIpc) is 2.62. The summed E-state index contributed by atoms with van der Waals surface area (Å²) in [5, 5.41) is 3.49. The Morgan fingerprint density at radius 3 is 2.38 bits per heavy atom. The van der Waals surface area contributed by atoms with E-state index >= 15 is 0 Å². The lowest BCUT2D eigenvalue weighted by Crippen LogP contribution is -2.12. The number of benzene rings is 2. The molecule has 0 aliphatic carbocycles. The fraction of sp³-hybridized carbons (Fsp3) is 0.316. The second kappa shape index (κ2) is 9.55. The van der Waals surface area contributed by atoms with Crippen molar-refractivity contribution in [3.05, 3.63) is 45.9 Å². The molecule has 2 aromatic carbocycles. The Bertz CT molecular complexity index is 780. The van der Waals surface area contributed by atoms with E-state index in [1.165, 1.54) is 14.2 Å². The van der Waals surface area contributed by atoms with Crippen LogP contribution in [0.3, 0.4) is 0 Å². The van der Waals surface area contributed by atoms with Crippen molar-refractivity contribution < 1.29 is 19.0 Å². The summed E-state index contributed by atoms with van der Waals surface area (Å²) in [5.74, 6) is 1.03. The summed E-state index contributed by atoms with van der Waals surface area (Å²) in [7, 11) is 3.03. The van der Waals surface area contributed by atoms with Crippen molar-refractivity contribution >= 4 is 34.8 Å². The van der Waals surface area contributed by atoms with Crippen LogP contribution in [-0.4, -0.2) is 26.7 Å². The van der Waals surface area contributed by atoms with Crippen LogP contribution in [0, 0.1) is 0 Å². The second-order valence-electron chi connectivity index (χ2n) is 5.49. The molecule has 1 amide bonds. The predicted molar refractivity (Wildman–Crippen MR) is 104 cm³/mol. The standard InChI is InChI=1S/C19H21Cl2NO4/c1-4-5-8-26-18-15(21)9-12(10-17(18)25-3)19(23)22-13-6-7-16(24-2)14(20)11-13/h6-7,9-11H,4-5,8H2,1-3H3,(H,22,23). The number of amides is 1. The van der Waals surface area contributed by atoms with Gasteiger partial charge in [0.15, 0.2) is 11.5 Å². The quantitative estimate of drug-likeness (QED) is 0.602. The number of hydrogen-bond donors (Lipinski definition) is 1. The van der Waals surface area contributed by atoms with Crippen LogP contribution in [0.25, 0.3) is 0 Å². The smallest absolute Gasteiger partial charge is 0.255 e. The summed E-state index contributed by atoms with van der Waals surface area (Å²) >= 11 is 12.4. The molecule has 0 unspecified atom stereocenters. The molecule has 26 heavy (non-hydrogen) atoms. The topological polar surface area (TPSA) is 56.8 Å². The lowest BCUT2D eigenvalue weighted by atomic mass is 10.1. The number of ether oxygens (including phenoxy) is 3. The minimum absolute atomic E-state index is 0.318. The van der Waals surface area contributed by atoms with E-state index in [1.54, 1.807) is 30.3 Å². The molecular formula is C19H21Cl2NO4. The number of halogens is 2. The molecule has 0 heterocycles. The van der Waals surface area contributed by atoms with Gasteiger partial charge in [0, 0.05) is 11.3 Å². The monoisotopic (exact) mass is 397 g/mol. The average molecular weight is 398 g/mol. The normalized spacial score (nSPS) is 10.3. The van der Waals surface area contributed by atoms with Crippen molar-refractivity contribution in [3.63, 3.8) is 0 Å². The van der Waals surface area contributed by atoms with Gasteiger partial charge in [-0.05, 0) is 36.8 Å². The summed E-state index contributed by atoms with van der Waals surface area (Å²) in [6, 6.07) is 8.12. The van der Waals surface area contributed by atoms with Crippen molar-refractivity contribution in [2.45, 2.75) is 19.8 Å². The van der Waals surface area contributed by atoms with Gasteiger partial charge in [0.2, 0.25) is 0 Å². The van der Waals surface area contributed by atoms with E-state index in [0.717, 1.165) is 12.8 Å². The van der Waals surface area contributed by atoms with Gasteiger partial charge >= 0.3 is 0 Å². The summed E-state index contributed by atoms with van der Waals surface area (Å²) in [5.41, 5.74) is 0.890. The molecule has 0 spiro atoms. The third-order valence-corrected chi connectivity index (χ3v) is 4.22. The van der Waals surface area contributed by atoms with E-state index in [1.807, 2.05) is 0 Å². The molecule has 0 aromatic heterocycles. The summed E-state index contributed by atoms with van der Waals surface area (Å²) in [6.45, 7) is 2.60. The molecule has 140 valence electrons. The Kier molecular flexibility index (Phi) is 7.42. The maximum Gasteiger partial charge on any atom is 0.255 e. The van der Waals surface area contributed by atoms with Gasteiger partial charge in [0.05, 0.1) is 30.9 Å². The van der Waals surface area contributed by atoms with Crippen molar-refractivity contribution in [3.8, 4) is 17.2 Å². The SMILES string of the molecule is CCCCOc1c(Cl)cc(C(=O)Nc2ccc(OC)c(Cl)c2)cc1OC. The minimum atomic E-state index is -0.341. The molecule has 0 fully saturated rings. The molecule has 1 N–H and O–H groups in total. The van der Waals surface area contributed by atoms with E-state index < -0.39 is 0 Å². The highest BCUT2D eigenvalue weighted by Gasteiger charge is 2.16. The number of nitrogens with one attached hydrogen (secondary N) is 1. The Labute approximate surface area is 163 Å². The van der Waals surface area contributed by atoms with E-state index in [4.69, 9.17) is 37.4 Å². The van der Waals surface area contributed by atoms with E-state index in [9.17, 15) is 4.79 Å². The molecule has 0 saturated heterocycles. The zero-order valence-electron chi connectivity index (χ0n) is 14.9. The number of carbonyl (C=O) groups is 1. The molecule has 0 radical (unpaired) electrons. The molecule has 5 nitrogen and oxygen atoms in total. The van der Waals surface area contributed by atoms with Crippen LogP contribution < -0.4 is 19.5 Å². The molecular weight excluding hydrogens is 377 g/mol. The van der Waals surface area contributed by atoms with Crippen molar-refractivity contribution in [2.75, 3.05) is 26.1 Å². The number of carbonyl (C=O) groups excluding carboxylic acids is 1. The Balaban J connectivity index is 2.20. The van der Waals surface area contributed by atoms with E-state index in [2.05, 4.69) is 12.2 Å². The van der Waals surface area contributed by atoms with Crippen molar-refractivity contribution in [1.82, 2.24) is 0 Å². The largest absolute Gasteiger partial charge is 0.495 e. The number of anilines is 1. The first kappa shape index (κ1) is 20.2. The summed E-state index contributed by atoms with van der Waals surface area (Å²) < 4.78 is 16.1. The molecule has 0 saturated carbocycles. The first-order valence-corrected chi connectivity index (χ1v) is 8.91. The Morgan fingerprint density at radius 2 is 1.77 bits per heavy atom. The van der Waals surface area contributed by atoms with Gasteiger partial charge in [-0.3, -0.25) is 4.79 Å². The van der Waals surface area contributed by atoms with Gasteiger partial charge in [-0.25, -0.2) is 0 Å². The van der Waals surface area contributed by atoms with Gasteiger partial charge in [-0.1, -0.05) is 36.5 Å². The highest BCUT2D eigenvalue weighted by molar-refractivity contribution is 6.33. The zero-order chi connectivity index (χ0) is 19.1. The highest BCUT2D eigenvalue weighted by atomic mass is 35.5. The van der Waals surface area contributed by atoms with Gasteiger partial charge in [0.1, 0.15) is 5.75 Å². The third-order valence-electron chi connectivity index (χ3n) is 3.65. The highest BCUT2D eigenvalue weighted by Crippen LogP contribution is 2.37. The second-order valence-corrected chi connectivity index (χ2v) is 6.31. The van der Waals surface area contributed by atoms with Gasteiger partial charge in [-0.15, -0.1) is 0 Å². The van der Waals surface area contributed by atoms with Gasteiger partial charge in [0.25, 0.3) is 5.91 Å². The first-order chi connectivity index (χ1) is 12.5. The molecule has 0 aliphatic rings. The maximum absolute atomic E-state index is 12.5. The molecule has 2 aromatic rings. The van der Waals surface area contributed by atoms with E-state index in [0.29, 0.717) is 45.2 Å². The summed E-state index contributed by atoms with van der Waals surface area (Å²) in [6.07, 6.45) is 1.91. The molecule has 0 bridgehead atoms. The fourth-order valence-corrected chi connectivity index (χ4v) is 2.78. The molecule has 0 atom stereocenters. The predicted octanol–water partition coefficient (Wildman–Crippen LogP) is 5.44. The van der Waals surface area contributed by atoms with Crippen molar-refractivity contribution in [1.29, 1.82) is 0 Å². The van der Waals surface area contributed by atoms with Crippen LogP contribution in [-0.2, 0) is 0 Å². The van der Waals surface area contributed by atoms with E-state index in [-0.39, 0.29) is 5.91 Å². The molecule has 0 aliphatic heterocycles. The van der Waals surface area contributed by atoms with Crippen LogP contribution in [0.2, 0.25) is 10.0 Å².